The molecule has 2 rings (SSSR count). The summed E-state index contributed by atoms with van der Waals surface area (Å²) < 4.78 is 5.62. The van der Waals surface area contributed by atoms with Crippen LogP contribution in [-0.2, 0) is 4.79 Å². The van der Waals surface area contributed by atoms with Gasteiger partial charge >= 0.3 is 0 Å². The number of hydrogen-bond donors (Lipinski definition) is 0. The van der Waals surface area contributed by atoms with Crippen LogP contribution >= 0.6 is 0 Å². The second-order valence-electron chi connectivity index (χ2n) is 6.05. The van der Waals surface area contributed by atoms with Crippen molar-refractivity contribution in [2.75, 3.05) is 39.8 Å². The first kappa shape index (κ1) is 15.8. The first-order valence-corrected chi connectivity index (χ1v) is 7.75. The second kappa shape index (κ2) is 7.46. The van der Waals surface area contributed by atoms with Crippen LogP contribution in [0.4, 0.5) is 0 Å². The van der Waals surface area contributed by atoms with Gasteiger partial charge in [0, 0.05) is 19.6 Å². The van der Waals surface area contributed by atoms with Crippen molar-refractivity contribution in [3.05, 3.63) is 29.8 Å². The molecule has 0 spiro atoms. The van der Waals surface area contributed by atoms with E-state index in [0.29, 0.717) is 5.92 Å². The number of carbonyl (C=O) groups excluding carboxylic acids is 1. The number of carbonyl (C=O) groups is 1. The molecule has 0 atom stereocenters. The van der Waals surface area contributed by atoms with E-state index in [4.69, 9.17) is 4.74 Å². The first-order chi connectivity index (χ1) is 10.1. The highest BCUT2D eigenvalue weighted by Crippen LogP contribution is 2.18. The Morgan fingerprint density at radius 1 is 1.14 bits per heavy atom. The normalized spacial score (nSPS) is 16.9. The number of amides is 1. The van der Waals surface area contributed by atoms with Crippen LogP contribution in [0.1, 0.15) is 31.7 Å². The highest BCUT2D eigenvalue weighted by Gasteiger charge is 2.17. The third kappa shape index (κ3) is 4.74. The molecule has 1 saturated heterocycles. The Bertz CT molecular complexity index is 456. The number of likely N-dealkylation sites (N-methyl/N-ethyl adjacent to an activating group) is 1. The van der Waals surface area contributed by atoms with Gasteiger partial charge in [-0.25, -0.2) is 0 Å². The van der Waals surface area contributed by atoms with Crippen molar-refractivity contribution in [3.8, 4) is 5.75 Å². The van der Waals surface area contributed by atoms with Crippen molar-refractivity contribution >= 4 is 5.91 Å². The number of rotatable bonds is 4. The standard InChI is InChI=1S/C17H26N2O2/c1-14(2)15-5-7-16(8-6-15)21-13-17(20)19-10-4-9-18(3)11-12-19/h5-8,14H,4,9-13H2,1-3H3. The van der Waals surface area contributed by atoms with Crippen LogP contribution in [0, 0.1) is 0 Å². The Morgan fingerprint density at radius 3 is 2.52 bits per heavy atom. The fourth-order valence-electron chi connectivity index (χ4n) is 2.48. The predicted molar refractivity (Wildman–Crippen MR) is 84.7 cm³/mol. The van der Waals surface area contributed by atoms with Gasteiger partial charge in [-0.15, -0.1) is 0 Å². The van der Waals surface area contributed by atoms with Crippen molar-refractivity contribution < 1.29 is 9.53 Å². The van der Waals surface area contributed by atoms with Gasteiger partial charge in [-0.05, 0) is 43.6 Å². The molecule has 0 unspecified atom stereocenters. The molecule has 1 aromatic rings. The molecule has 0 aliphatic carbocycles. The van der Waals surface area contributed by atoms with Gasteiger partial charge in [0.15, 0.2) is 6.61 Å². The van der Waals surface area contributed by atoms with Gasteiger partial charge in [-0.2, -0.15) is 0 Å². The third-order valence-corrected chi connectivity index (χ3v) is 3.98. The van der Waals surface area contributed by atoms with Crippen molar-refractivity contribution in [1.82, 2.24) is 9.80 Å². The minimum Gasteiger partial charge on any atom is -0.484 e. The average molecular weight is 290 g/mol. The molecule has 1 amide bonds. The molecule has 21 heavy (non-hydrogen) atoms. The molecule has 1 aliphatic rings. The van der Waals surface area contributed by atoms with E-state index >= 15 is 0 Å². The highest BCUT2D eigenvalue weighted by atomic mass is 16.5. The van der Waals surface area contributed by atoms with E-state index in [9.17, 15) is 4.79 Å². The lowest BCUT2D eigenvalue weighted by molar-refractivity contribution is -0.133. The lowest BCUT2D eigenvalue weighted by atomic mass is 10.0. The SMILES string of the molecule is CC(C)c1ccc(OCC(=O)N2CCCN(C)CC2)cc1. The maximum absolute atomic E-state index is 12.2. The van der Waals surface area contributed by atoms with Crippen molar-refractivity contribution in [1.29, 1.82) is 0 Å². The Kier molecular flexibility index (Phi) is 5.62. The fourth-order valence-corrected chi connectivity index (χ4v) is 2.48. The maximum Gasteiger partial charge on any atom is 0.260 e. The third-order valence-electron chi connectivity index (χ3n) is 3.98. The number of nitrogens with zero attached hydrogens (tertiary/aromatic N) is 2. The van der Waals surface area contributed by atoms with Crippen LogP contribution in [-0.4, -0.2) is 55.5 Å². The number of benzene rings is 1. The summed E-state index contributed by atoms with van der Waals surface area (Å²) in [4.78, 5) is 16.4. The fraction of sp³-hybridized carbons (Fsp3) is 0.588. The van der Waals surface area contributed by atoms with Crippen LogP contribution in [0.25, 0.3) is 0 Å². The monoisotopic (exact) mass is 290 g/mol. The molecule has 1 aromatic carbocycles. The zero-order valence-electron chi connectivity index (χ0n) is 13.3. The van der Waals surface area contributed by atoms with Crippen LogP contribution in [0.5, 0.6) is 5.75 Å². The molecule has 1 aliphatic heterocycles. The van der Waals surface area contributed by atoms with Crippen molar-refractivity contribution in [2.45, 2.75) is 26.2 Å². The lowest BCUT2D eigenvalue weighted by Gasteiger charge is -2.20. The van der Waals surface area contributed by atoms with E-state index in [-0.39, 0.29) is 12.5 Å². The summed E-state index contributed by atoms with van der Waals surface area (Å²) in [5, 5.41) is 0. The number of ether oxygens (including phenoxy) is 1. The molecule has 0 bridgehead atoms. The molecule has 0 aromatic heterocycles. The Morgan fingerprint density at radius 2 is 1.86 bits per heavy atom. The Balaban J connectivity index is 1.83. The summed E-state index contributed by atoms with van der Waals surface area (Å²) in [6.45, 7) is 8.08. The van der Waals surface area contributed by atoms with E-state index in [1.54, 1.807) is 0 Å². The highest BCUT2D eigenvalue weighted by molar-refractivity contribution is 5.77. The van der Waals surface area contributed by atoms with Gasteiger partial charge in [0.05, 0.1) is 0 Å². The summed E-state index contributed by atoms with van der Waals surface area (Å²) in [6.07, 6.45) is 1.03. The van der Waals surface area contributed by atoms with Gasteiger partial charge in [0.1, 0.15) is 5.75 Å². The molecule has 1 fully saturated rings. The molecule has 0 saturated carbocycles. The van der Waals surface area contributed by atoms with E-state index in [0.717, 1.165) is 38.3 Å². The summed E-state index contributed by atoms with van der Waals surface area (Å²) >= 11 is 0. The summed E-state index contributed by atoms with van der Waals surface area (Å²) in [5.41, 5.74) is 1.28. The van der Waals surface area contributed by atoms with Gasteiger partial charge in [-0.1, -0.05) is 26.0 Å². The van der Waals surface area contributed by atoms with E-state index in [1.807, 2.05) is 17.0 Å². The molecule has 0 radical (unpaired) electrons. The van der Waals surface area contributed by atoms with Gasteiger partial charge < -0.3 is 14.5 Å². The average Bonchev–Trinajstić information content (AvgIpc) is 2.70. The van der Waals surface area contributed by atoms with Crippen LogP contribution in [0.3, 0.4) is 0 Å². The topological polar surface area (TPSA) is 32.8 Å². The first-order valence-electron chi connectivity index (χ1n) is 7.75. The van der Waals surface area contributed by atoms with Gasteiger partial charge in [0.2, 0.25) is 0 Å². The molecule has 116 valence electrons. The number of hydrogen-bond acceptors (Lipinski definition) is 3. The summed E-state index contributed by atoms with van der Waals surface area (Å²) in [6, 6.07) is 8.01. The Hall–Kier alpha value is -1.55. The second-order valence-corrected chi connectivity index (χ2v) is 6.05. The zero-order chi connectivity index (χ0) is 15.2. The molecule has 1 heterocycles. The molecule has 4 nitrogen and oxygen atoms in total. The van der Waals surface area contributed by atoms with E-state index in [1.165, 1.54) is 5.56 Å². The maximum atomic E-state index is 12.2. The summed E-state index contributed by atoms with van der Waals surface area (Å²) in [7, 11) is 2.10. The van der Waals surface area contributed by atoms with E-state index < -0.39 is 0 Å². The minimum absolute atomic E-state index is 0.0817. The van der Waals surface area contributed by atoms with Crippen LogP contribution in [0.15, 0.2) is 24.3 Å². The van der Waals surface area contributed by atoms with Crippen LogP contribution < -0.4 is 4.74 Å². The largest absolute Gasteiger partial charge is 0.484 e. The molecular weight excluding hydrogens is 264 g/mol. The van der Waals surface area contributed by atoms with Crippen LogP contribution in [0.2, 0.25) is 0 Å². The Labute approximate surface area is 127 Å². The smallest absolute Gasteiger partial charge is 0.260 e. The predicted octanol–water partition coefficient (Wildman–Crippen LogP) is 2.35. The lowest BCUT2D eigenvalue weighted by Crippen LogP contribution is -2.37. The van der Waals surface area contributed by atoms with Crippen molar-refractivity contribution in [3.63, 3.8) is 0 Å². The zero-order valence-corrected chi connectivity index (χ0v) is 13.3. The van der Waals surface area contributed by atoms with Crippen molar-refractivity contribution in [2.24, 2.45) is 0 Å². The molecule has 0 N–H and O–H groups in total. The minimum atomic E-state index is 0.0817. The summed E-state index contributed by atoms with van der Waals surface area (Å²) in [5.74, 6) is 1.35. The molecular formula is C17H26N2O2. The van der Waals surface area contributed by atoms with E-state index in [2.05, 4.69) is 37.9 Å². The molecule has 4 heteroatoms. The van der Waals surface area contributed by atoms with Gasteiger partial charge in [-0.3, -0.25) is 4.79 Å². The van der Waals surface area contributed by atoms with Gasteiger partial charge in [0.25, 0.3) is 5.91 Å². The quantitative estimate of drug-likeness (QED) is 0.853.